The smallest absolute Gasteiger partial charge is 0.439 e. The zero-order chi connectivity index (χ0) is 25.0. The van der Waals surface area contributed by atoms with Crippen LogP contribution in [0.1, 0.15) is 11.6 Å². The van der Waals surface area contributed by atoms with Crippen LogP contribution in [0.25, 0.3) is 5.82 Å². The number of imidazole rings is 1. The van der Waals surface area contributed by atoms with Gasteiger partial charge in [-0.1, -0.05) is 0 Å². The molecule has 2 heterocycles. The van der Waals surface area contributed by atoms with Crippen LogP contribution >= 0.6 is 11.8 Å². The quantitative estimate of drug-likeness (QED) is 0.301. The number of carbonyl (C=O) groups excluding carboxylic acids is 1. The number of aromatic nitrogens is 4. The third kappa shape index (κ3) is 6.73. The topological polar surface area (TPSA) is 94.0 Å². The zero-order valence-corrected chi connectivity index (χ0v) is 19.3. The molecule has 0 unspecified atom stereocenters. The van der Waals surface area contributed by atoms with E-state index in [0.717, 1.165) is 5.82 Å². The van der Waals surface area contributed by atoms with Crippen molar-refractivity contribution in [2.24, 2.45) is 0 Å². The Hall–Kier alpha value is -4.06. The fourth-order valence-electron chi connectivity index (χ4n) is 3.08. The third-order valence-electron chi connectivity index (χ3n) is 4.55. The molecule has 0 saturated carbocycles. The van der Waals surface area contributed by atoms with Crippen LogP contribution in [0.15, 0.2) is 71.9 Å². The van der Waals surface area contributed by atoms with E-state index < -0.39 is 11.5 Å². The van der Waals surface area contributed by atoms with Crippen LogP contribution < -0.4 is 15.4 Å². The highest BCUT2D eigenvalue weighted by Crippen LogP contribution is 2.37. The van der Waals surface area contributed by atoms with E-state index in [2.05, 4.69) is 25.6 Å². The molecule has 8 nitrogen and oxygen atoms in total. The molecule has 4 rings (SSSR count). The van der Waals surface area contributed by atoms with Gasteiger partial charge in [-0.3, -0.25) is 4.57 Å². The summed E-state index contributed by atoms with van der Waals surface area (Å²) in [7, 11) is 0. The van der Waals surface area contributed by atoms with Crippen molar-refractivity contribution in [3.63, 3.8) is 0 Å². The SMILES string of the molecule is Cc1nc(Oc2ccc(NC(=O)Nc3ccc(SC(F)(F)F)cc3)cc2)cc(-n2ccnc2C)n1. The van der Waals surface area contributed by atoms with Gasteiger partial charge in [-0.15, -0.1) is 0 Å². The van der Waals surface area contributed by atoms with Gasteiger partial charge in [-0.05, 0) is 74.1 Å². The van der Waals surface area contributed by atoms with E-state index in [1.807, 2.05) is 11.5 Å². The van der Waals surface area contributed by atoms with Crippen LogP contribution in [0.2, 0.25) is 0 Å². The van der Waals surface area contributed by atoms with Crippen molar-refractivity contribution in [2.75, 3.05) is 10.6 Å². The van der Waals surface area contributed by atoms with Gasteiger partial charge in [0.25, 0.3) is 0 Å². The summed E-state index contributed by atoms with van der Waals surface area (Å²) in [5.74, 6) is 2.79. The lowest BCUT2D eigenvalue weighted by molar-refractivity contribution is -0.0328. The van der Waals surface area contributed by atoms with Gasteiger partial charge >= 0.3 is 11.5 Å². The molecule has 2 amide bonds. The van der Waals surface area contributed by atoms with E-state index in [1.165, 1.54) is 24.3 Å². The van der Waals surface area contributed by atoms with Crippen molar-refractivity contribution in [2.45, 2.75) is 24.3 Å². The van der Waals surface area contributed by atoms with Crippen LogP contribution in [0.3, 0.4) is 0 Å². The van der Waals surface area contributed by atoms with Gasteiger partial charge in [0.05, 0.1) is 0 Å². The van der Waals surface area contributed by atoms with Crippen LogP contribution in [-0.2, 0) is 0 Å². The number of hydrogen-bond acceptors (Lipinski definition) is 6. The summed E-state index contributed by atoms with van der Waals surface area (Å²) in [5.41, 5.74) is -3.51. The number of nitrogens with one attached hydrogen (secondary N) is 2. The highest BCUT2D eigenvalue weighted by molar-refractivity contribution is 8.00. The summed E-state index contributed by atoms with van der Waals surface area (Å²) in [6.45, 7) is 3.62. The van der Waals surface area contributed by atoms with Crippen LogP contribution in [-0.4, -0.2) is 31.1 Å². The predicted octanol–water partition coefficient (Wildman–Crippen LogP) is 6.33. The predicted molar refractivity (Wildman–Crippen MR) is 126 cm³/mol. The average Bonchev–Trinajstić information content (AvgIpc) is 3.21. The Labute approximate surface area is 202 Å². The number of alkyl halides is 3. The Bertz CT molecular complexity index is 1320. The minimum absolute atomic E-state index is 0.0326. The Balaban J connectivity index is 1.36. The lowest BCUT2D eigenvalue weighted by Crippen LogP contribution is -2.19. The second kappa shape index (κ2) is 10.1. The number of urea groups is 1. The largest absolute Gasteiger partial charge is 0.446 e. The number of amides is 2. The molecule has 0 aliphatic carbocycles. The molecular formula is C23H19F3N6O2S. The molecule has 4 aromatic rings. The molecule has 2 aromatic heterocycles. The van der Waals surface area contributed by atoms with E-state index in [1.54, 1.807) is 49.6 Å². The van der Waals surface area contributed by atoms with Gasteiger partial charge in [-0.25, -0.2) is 14.8 Å². The molecule has 0 aliphatic rings. The van der Waals surface area contributed by atoms with Crippen LogP contribution in [0.4, 0.5) is 29.3 Å². The molecule has 0 saturated heterocycles. The van der Waals surface area contributed by atoms with Crippen molar-refractivity contribution in [1.29, 1.82) is 0 Å². The van der Waals surface area contributed by atoms with E-state index in [4.69, 9.17) is 4.74 Å². The van der Waals surface area contributed by atoms with Gasteiger partial charge < -0.3 is 15.4 Å². The maximum atomic E-state index is 12.4. The minimum Gasteiger partial charge on any atom is -0.439 e. The summed E-state index contributed by atoms with van der Waals surface area (Å²) in [5, 5.41) is 5.22. The molecule has 0 bridgehead atoms. The fourth-order valence-corrected chi connectivity index (χ4v) is 3.62. The van der Waals surface area contributed by atoms with E-state index in [-0.39, 0.29) is 16.7 Å². The number of carbonyl (C=O) groups is 1. The lowest BCUT2D eigenvalue weighted by Gasteiger charge is -2.11. The fraction of sp³-hybridized carbons (Fsp3) is 0.130. The number of rotatable bonds is 6. The Kier molecular flexibility index (Phi) is 6.92. The standard InChI is InChI=1S/C23H19F3N6O2S/c1-14-28-20(32-12-11-27-15(32)2)13-21(29-14)34-18-7-3-16(4-8-18)30-22(33)31-17-5-9-19(10-6-17)35-23(24,25)26/h3-13H,1-2H3,(H2,30,31,33). The molecular weight excluding hydrogens is 481 g/mol. The highest BCUT2D eigenvalue weighted by atomic mass is 32.2. The Morgan fingerprint density at radius 3 is 2.17 bits per heavy atom. The second-order valence-corrected chi connectivity index (χ2v) is 8.37. The van der Waals surface area contributed by atoms with Crippen molar-refractivity contribution in [3.05, 3.63) is 78.6 Å². The number of hydrogen-bond donors (Lipinski definition) is 2. The van der Waals surface area contributed by atoms with Crippen molar-refractivity contribution < 1.29 is 22.7 Å². The first kappa shape index (κ1) is 24.1. The number of nitrogens with zero attached hydrogens (tertiary/aromatic N) is 4. The number of ether oxygens (including phenoxy) is 1. The number of benzene rings is 2. The summed E-state index contributed by atoms with van der Waals surface area (Å²) in [6, 6.07) is 13.1. The van der Waals surface area contributed by atoms with Gasteiger partial charge in [0.2, 0.25) is 5.88 Å². The molecule has 35 heavy (non-hydrogen) atoms. The Morgan fingerprint density at radius 2 is 1.60 bits per heavy atom. The summed E-state index contributed by atoms with van der Waals surface area (Å²) < 4.78 is 44.9. The molecule has 0 spiro atoms. The van der Waals surface area contributed by atoms with Crippen LogP contribution in [0, 0.1) is 13.8 Å². The summed E-state index contributed by atoms with van der Waals surface area (Å²) in [6.07, 6.45) is 3.47. The summed E-state index contributed by atoms with van der Waals surface area (Å²) in [4.78, 5) is 25.2. The third-order valence-corrected chi connectivity index (χ3v) is 5.29. The number of halogens is 3. The van der Waals surface area contributed by atoms with Gasteiger partial charge in [0.15, 0.2) is 0 Å². The first-order chi connectivity index (χ1) is 16.6. The Morgan fingerprint density at radius 1 is 0.971 bits per heavy atom. The van der Waals surface area contributed by atoms with Crippen LogP contribution in [0.5, 0.6) is 11.6 Å². The second-order valence-electron chi connectivity index (χ2n) is 7.23. The molecule has 0 fully saturated rings. The number of aryl methyl sites for hydroxylation is 2. The zero-order valence-electron chi connectivity index (χ0n) is 18.5. The molecule has 0 atom stereocenters. The molecule has 180 valence electrons. The lowest BCUT2D eigenvalue weighted by atomic mass is 10.3. The monoisotopic (exact) mass is 500 g/mol. The van der Waals surface area contributed by atoms with E-state index >= 15 is 0 Å². The number of thioether (sulfide) groups is 1. The highest BCUT2D eigenvalue weighted by Gasteiger charge is 2.29. The molecule has 0 aliphatic heterocycles. The van der Waals surface area contributed by atoms with Crippen molar-refractivity contribution >= 4 is 29.2 Å². The minimum atomic E-state index is -4.37. The molecule has 0 radical (unpaired) electrons. The van der Waals surface area contributed by atoms with Crippen molar-refractivity contribution in [3.8, 4) is 17.4 Å². The molecule has 12 heteroatoms. The first-order valence-electron chi connectivity index (χ1n) is 10.2. The average molecular weight is 501 g/mol. The normalized spacial score (nSPS) is 11.2. The molecule has 2 N–H and O–H groups in total. The maximum absolute atomic E-state index is 12.4. The maximum Gasteiger partial charge on any atom is 0.446 e. The first-order valence-corrected chi connectivity index (χ1v) is 11.0. The van der Waals surface area contributed by atoms with E-state index in [0.29, 0.717) is 34.6 Å². The summed E-state index contributed by atoms with van der Waals surface area (Å²) >= 11 is -0.218. The number of anilines is 2. The van der Waals surface area contributed by atoms with Gasteiger partial charge in [-0.2, -0.15) is 18.2 Å². The van der Waals surface area contributed by atoms with E-state index in [9.17, 15) is 18.0 Å². The van der Waals surface area contributed by atoms with Crippen molar-refractivity contribution in [1.82, 2.24) is 19.5 Å². The van der Waals surface area contributed by atoms with Gasteiger partial charge in [0, 0.05) is 34.7 Å². The van der Waals surface area contributed by atoms with Gasteiger partial charge in [0.1, 0.15) is 23.2 Å². The molecule has 2 aromatic carbocycles.